The van der Waals surface area contributed by atoms with E-state index < -0.39 is 22.8 Å². The van der Waals surface area contributed by atoms with Crippen molar-refractivity contribution in [1.82, 2.24) is 8.75 Å². The summed E-state index contributed by atoms with van der Waals surface area (Å²) in [5, 5.41) is 0. The van der Waals surface area contributed by atoms with Gasteiger partial charge in [0.15, 0.2) is 11.6 Å². The molecule has 8 rings (SSSR count). The van der Waals surface area contributed by atoms with E-state index >= 15 is 8.78 Å². The molecule has 2 aliphatic heterocycles. The summed E-state index contributed by atoms with van der Waals surface area (Å²) in [4.78, 5) is 9.01. The van der Waals surface area contributed by atoms with Crippen molar-refractivity contribution in [2.45, 2.75) is 194 Å². The van der Waals surface area contributed by atoms with Crippen LogP contribution in [0.1, 0.15) is 191 Å². The van der Waals surface area contributed by atoms with E-state index in [1.54, 1.807) is 40.9 Å². The average Bonchev–Trinajstić information content (AvgIpc) is 4.11. The van der Waals surface area contributed by atoms with E-state index in [1.165, 1.54) is 133 Å². The molecule has 0 aliphatic carbocycles. The van der Waals surface area contributed by atoms with Gasteiger partial charge < -0.3 is 9.47 Å². The predicted octanol–water partition coefficient (Wildman–Crippen LogP) is 19.3. The molecule has 0 radical (unpaired) electrons. The van der Waals surface area contributed by atoms with E-state index in [0.29, 0.717) is 15.9 Å². The Morgan fingerprint density at radius 2 is 0.984 bits per heavy atom. The van der Waals surface area contributed by atoms with Gasteiger partial charge in [0, 0.05) is 42.3 Å². The SMILES string of the molecule is CCCCCCCCCCCCC1(CCCCCCCCCCCC)Oc2cc(-c3cc4c(s3)-c3sc(C)cc3OC4(C)C)sc2-c2sc(-c3c(F)c(F)c(C)c4nsnc34)cc21. The fourth-order valence-corrected chi connectivity index (χ4v) is 15.4. The maximum absolute atomic E-state index is 16.3. The molecule has 4 nitrogen and oxygen atoms in total. The molecule has 340 valence electrons. The fourth-order valence-electron chi connectivity index (χ4n) is 9.80. The Hall–Kier alpha value is -2.70. The van der Waals surface area contributed by atoms with Crippen LogP contribution in [0.25, 0.3) is 50.7 Å². The largest absolute Gasteiger partial charge is 0.482 e. The third-order valence-corrected chi connectivity index (χ3v) is 18.9. The molecule has 0 atom stereocenters. The van der Waals surface area contributed by atoms with Gasteiger partial charge in [-0.3, -0.25) is 0 Å². The van der Waals surface area contributed by atoms with Crippen LogP contribution in [0.15, 0.2) is 24.3 Å². The van der Waals surface area contributed by atoms with Crippen molar-refractivity contribution in [3.05, 3.63) is 57.5 Å². The number of thiophene rings is 4. The highest BCUT2D eigenvalue weighted by atomic mass is 32.1. The molecule has 0 bridgehead atoms. The second kappa shape index (κ2) is 20.9. The maximum Gasteiger partial charge on any atom is 0.170 e. The van der Waals surface area contributed by atoms with Crippen LogP contribution in [-0.2, 0) is 11.2 Å². The first-order valence-electron chi connectivity index (χ1n) is 24.1. The Labute approximate surface area is 395 Å². The normalized spacial score (nSPS) is 14.7. The molecule has 0 saturated carbocycles. The zero-order chi connectivity index (χ0) is 44.1. The number of hydrogen-bond donors (Lipinski definition) is 0. The van der Waals surface area contributed by atoms with Gasteiger partial charge in [-0.15, -0.1) is 45.3 Å². The van der Waals surface area contributed by atoms with Crippen molar-refractivity contribution in [2.75, 3.05) is 0 Å². The molecule has 0 spiro atoms. The van der Waals surface area contributed by atoms with Gasteiger partial charge in [-0.25, -0.2) is 8.78 Å². The zero-order valence-corrected chi connectivity index (χ0v) is 42.5. The quantitative estimate of drug-likeness (QED) is 0.0567. The van der Waals surface area contributed by atoms with Crippen molar-refractivity contribution in [3.8, 4) is 51.2 Å². The third-order valence-electron chi connectivity index (χ3n) is 13.4. The Balaban J connectivity index is 1.13. The summed E-state index contributed by atoms with van der Waals surface area (Å²) in [5.41, 5.74) is 2.65. The number of halogens is 2. The van der Waals surface area contributed by atoms with Crippen LogP contribution in [-0.4, -0.2) is 8.75 Å². The lowest BCUT2D eigenvalue weighted by Gasteiger charge is -2.38. The Morgan fingerprint density at radius 3 is 1.60 bits per heavy atom. The lowest BCUT2D eigenvalue weighted by atomic mass is 9.81. The number of nitrogens with zero attached hydrogens (tertiary/aromatic N) is 2. The van der Waals surface area contributed by atoms with Crippen molar-refractivity contribution in [1.29, 1.82) is 0 Å². The Bertz CT molecular complexity index is 2440. The highest BCUT2D eigenvalue weighted by Crippen LogP contribution is 2.60. The number of unbranched alkanes of at least 4 members (excludes halogenated alkanes) is 18. The number of aryl methyl sites for hydroxylation is 2. The average molecular weight is 949 g/mol. The number of benzene rings is 1. The monoisotopic (exact) mass is 948 g/mol. The van der Waals surface area contributed by atoms with Gasteiger partial charge in [0.05, 0.1) is 36.8 Å². The van der Waals surface area contributed by atoms with Gasteiger partial charge in [-0.1, -0.05) is 129 Å². The van der Waals surface area contributed by atoms with Crippen LogP contribution in [0.5, 0.6) is 11.5 Å². The fraction of sp³-hybridized carbons (Fsp3) is 0.577. The minimum atomic E-state index is -0.841. The first-order chi connectivity index (χ1) is 30.5. The summed E-state index contributed by atoms with van der Waals surface area (Å²) >= 11 is 7.99. The first-order valence-corrected chi connectivity index (χ1v) is 28.1. The van der Waals surface area contributed by atoms with Gasteiger partial charge in [-0.2, -0.15) is 8.75 Å². The van der Waals surface area contributed by atoms with Crippen LogP contribution in [0.2, 0.25) is 0 Å². The molecule has 0 saturated heterocycles. The smallest absolute Gasteiger partial charge is 0.170 e. The lowest BCUT2D eigenvalue weighted by molar-refractivity contribution is 0.0398. The van der Waals surface area contributed by atoms with E-state index in [1.807, 2.05) is 11.3 Å². The standard InChI is InChI=1S/C52H66F2N2O2S5/c1-7-9-11-13-15-17-19-21-23-25-27-52(28-26-24-22-20-18-16-14-12-10-8-2)36-31-41(42-44(54)43(53)34(4)45-46(42)56-63-55-45)62-48(36)50-38(58-52)32-40(61-50)39-30-35-47(60-39)49-37(29-33(3)59-49)57-51(35,5)6/h29-32H,7-28H2,1-6H3. The molecular formula is C52H66F2N2O2S5. The maximum atomic E-state index is 16.3. The van der Waals surface area contributed by atoms with Gasteiger partial charge in [0.2, 0.25) is 0 Å². The molecule has 7 heterocycles. The first kappa shape index (κ1) is 46.8. The van der Waals surface area contributed by atoms with Crippen LogP contribution in [0.3, 0.4) is 0 Å². The van der Waals surface area contributed by atoms with Gasteiger partial charge in [-0.05, 0) is 71.6 Å². The predicted molar refractivity (Wildman–Crippen MR) is 269 cm³/mol. The number of hydrogen-bond acceptors (Lipinski definition) is 9. The van der Waals surface area contributed by atoms with Crippen molar-refractivity contribution >= 4 is 68.1 Å². The summed E-state index contributed by atoms with van der Waals surface area (Å²) in [6.45, 7) is 12.6. The molecule has 6 aromatic rings. The van der Waals surface area contributed by atoms with Crippen LogP contribution in [0, 0.1) is 25.5 Å². The minimum Gasteiger partial charge on any atom is -0.482 e. The summed E-state index contributed by atoms with van der Waals surface area (Å²) in [5.74, 6) is 0.208. The molecule has 5 aromatic heterocycles. The molecule has 63 heavy (non-hydrogen) atoms. The van der Waals surface area contributed by atoms with E-state index in [-0.39, 0.29) is 11.1 Å². The highest BCUT2D eigenvalue weighted by Gasteiger charge is 2.44. The van der Waals surface area contributed by atoms with Crippen LogP contribution >= 0.6 is 57.1 Å². The van der Waals surface area contributed by atoms with Crippen LogP contribution < -0.4 is 9.47 Å². The van der Waals surface area contributed by atoms with Gasteiger partial charge >= 0.3 is 0 Å². The number of aromatic nitrogens is 2. The van der Waals surface area contributed by atoms with Crippen molar-refractivity contribution in [2.24, 2.45) is 0 Å². The van der Waals surface area contributed by atoms with E-state index in [4.69, 9.17) is 9.47 Å². The summed E-state index contributed by atoms with van der Waals surface area (Å²) in [7, 11) is 0. The van der Waals surface area contributed by atoms with E-state index in [0.717, 1.165) is 77.1 Å². The lowest BCUT2D eigenvalue weighted by Crippen LogP contribution is -2.35. The Kier molecular flexibility index (Phi) is 15.5. The molecule has 1 aromatic carbocycles. The number of ether oxygens (including phenoxy) is 2. The summed E-state index contributed by atoms with van der Waals surface area (Å²) < 4.78 is 55.1. The zero-order valence-electron chi connectivity index (χ0n) is 38.4. The third kappa shape index (κ3) is 10.0. The second-order valence-corrected chi connectivity index (χ2v) is 23.7. The van der Waals surface area contributed by atoms with E-state index in [2.05, 4.69) is 67.6 Å². The molecule has 2 aliphatic rings. The molecule has 0 unspecified atom stereocenters. The highest BCUT2D eigenvalue weighted by molar-refractivity contribution is 7.29. The number of fused-ring (bicyclic) bond motifs is 7. The van der Waals surface area contributed by atoms with E-state index in [9.17, 15) is 0 Å². The Morgan fingerprint density at radius 1 is 0.508 bits per heavy atom. The number of rotatable bonds is 24. The minimum absolute atomic E-state index is 0.211. The van der Waals surface area contributed by atoms with Crippen molar-refractivity contribution in [3.63, 3.8) is 0 Å². The molecular weight excluding hydrogens is 883 g/mol. The van der Waals surface area contributed by atoms with Gasteiger partial charge in [0.25, 0.3) is 0 Å². The molecule has 11 heteroatoms. The summed E-state index contributed by atoms with van der Waals surface area (Å²) in [6.07, 6.45) is 27.2. The second-order valence-electron chi connectivity index (χ2n) is 18.7. The van der Waals surface area contributed by atoms with Crippen LogP contribution in [0.4, 0.5) is 8.78 Å². The topological polar surface area (TPSA) is 44.2 Å². The molecule has 0 N–H and O–H groups in total. The molecule has 0 fully saturated rings. The van der Waals surface area contributed by atoms with Gasteiger partial charge in [0.1, 0.15) is 33.7 Å². The van der Waals surface area contributed by atoms with Crippen molar-refractivity contribution < 1.29 is 18.3 Å². The summed E-state index contributed by atoms with van der Waals surface area (Å²) in [6, 6.07) is 8.91. The molecule has 0 amide bonds.